The molecule has 2 fully saturated rings. The van der Waals surface area contributed by atoms with Crippen LogP contribution in [0.3, 0.4) is 0 Å². The summed E-state index contributed by atoms with van der Waals surface area (Å²) in [7, 11) is 0. The molecule has 2 saturated heterocycles. The highest BCUT2D eigenvalue weighted by Crippen LogP contribution is 2.29. The van der Waals surface area contributed by atoms with E-state index in [1.54, 1.807) is 4.90 Å². The minimum absolute atomic E-state index is 0.113. The van der Waals surface area contributed by atoms with Crippen LogP contribution in [0.1, 0.15) is 40.7 Å². The van der Waals surface area contributed by atoms with Gasteiger partial charge in [0, 0.05) is 31.6 Å². The van der Waals surface area contributed by atoms with Crippen LogP contribution in [0.5, 0.6) is 0 Å². The number of carbonyl (C=O) groups is 3. The van der Waals surface area contributed by atoms with E-state index in [-0.39, 0.29) is 24.1 Å². The quantitative estimate of drug-likeness (QED) is 0.753. The number of nitrogens with two attached hydrogens (primary N) is 1. The van der Waals surface area contributed by atoms with E-state index in [1.807, 2.05) is 12.1 Å². The summed E-state index contributed by atoms with van der Waals surface area (Å²) in [5, 5.41) is 2.33. The molecule has 0 aromatic heterocycles. The van der Waals surface area contributed by atoms with Gasteiger partial charge in [-0.15, -0.1) is 0 Å². The zero-order valence-corrected chi connectivity index (χ0v) is 14.7. The van der Waals surface area contributed by atoms with Crippen LogP contribution in [0.2, 0.25) is 0 Å². The van der Waals surface area contributed by atoms with Crippen molar-refractivity contribution in [3.8, 4) is 0 Å². The number of likely N-dealkylation sites (tertiary alicyclic amines) is 1. The molecule has 3 aliphatic rings. The highest BCUT2D eigenvalue weighted by atomic mass is 16.2. The van der Waals surface area contributed by atoms with Crippen LogP contribution in [0.15, 0.2) is 18.2 Å². The molecule has 0 aliphatic carbocycles. The molecule has 4 rings (SSSR count). The van der Waals surface area contributed by atoms with E-state index in [0.29, 0.717) is 24.4 Å². The van der Waals surface area contributed by atoms with Crippen LogP contribution < -0.4 is 11.1 Å². The van der Waals surface area contributed by atoms with Crippen molar-refractivity contribution in [2.24, 2.45) is 11.7 Å². The van der Waals surface area contributed by atoms with Gasteiger partial charge in [-0.05, 0) is 49.0 Å². The van der Waals surface area contributed by atoms with Crippen molar-refractivity contribution in [2.75, 3.05) is 19.6 Å². The number of nitrogens with one attached hydrogen (secondary N) is 1. The molecular weight excluding hydrogens is 332 g/mol. The summed E-state index contributed by atoms with van der Waals surface area (Å²) in [6.07, 6.45) is 1.80. The van der Waals surface area contributed by atoms with Gasteiger partial charge in [0.15, 0.2) is 0 Å². The smallest absolute Gasteiger partial charge is 0.255 e. The Kier molecular flexibility index (Phi) is 4.50. The van der Waals surface area contributed by atoms with Gasteiger partial charge in [-0.1, -0.05) is 12.1 Å². The third-order valence-electron chi connectivity index (χ3n) is 5.70. The summed E-state index contributed by atoms with van der Waals surface area (Å²) in [6, 6.07) is 5.46. The molecule has 2 atom stereocenters. The van der Waals surface area contributed by atoms with Crippen LogP contribution in [-0.2, 0) is 22.7 Å². The Morgan fingerprint density at radius 3 is 2.77 bits per heavy atom. The fraction of sp³-hybridized carbons (Fsp3) is 0.526. The number of nitrogens with zero attached hydrogens (tertiary/aromatic N) is 2. The maximum absolute atomic E-state index is 12.8. The summed E-state index contributed by atoms with van der Waals surface area (Å²) < 4.78 is 0. The summed E-state index contributed by atoms with van der Waals surface area (Å²) in [5.74, 6) is -0.182. The number of hydrogen-bond acceptors (Lipinski definition) is 5. The van der Waals surface area contributed by atoms with Gasteiger partial charge in [0.25, 0.3) is 5.91 Å². The minimum atomic E-state index is -0.556. The summed E-state index contributed by atoms with van der Waals surface area (Å²) in [5.41, 5.74) is 8.50. The Morgan fingerprint density at radius 1 is 1.19 bits per heavy atom. The normalized spacial score (nSPS) is 26.3. The number of amides is 3. The van der Waals surface area contributed by atoms with Gasteiger partial charge in [-0.3, -0.25) is 24.6 Å². The van der Waals surface area contributed by atoms with E-state index in [2.05, 4.69) is 16.3 Å². The summed E-state index contributed by atoms with van der Waals surface area (Å²) in [6.45, 7) is 4.01. The second kappa shape index (κ2) is 6.81. The molecule has 1 aromatic rings. The molecule has 3 amide bonds. The molecule has 0 bridgehead atoms. The van der Waals surface area contributed by atoms with Crippen molar-refractivity contribution in [2.45, 2.75) is 38.4 Å². The highest BCUT2D eigenvalue weighted by molar-refractivity contribution is 6.05. The molecular formula is C19H24N4O3. The zero-order chi connectivity index (χ0) is 18.3. The second-order valence-corrected chi connectivity index (χ2v) is 7.52. The van der Waals surface area contributed by atoms with Crippen molar-refractivity contribution < 1.29 is 14.4 Å². The predicted octanol–water partition coefficient (Wildman–Crippen LogP) is 0.228. The fourth-order valence-corrected chi connectivity index (χ4v) is 4.21. The topological polar surface area (TPSA) is 95.7 Å². The predicted molar refractivity (Wildman–Crippen MR) is 94.9 cm³/mol. The molecule has 0 saturated carbocycles. The Bertz CT molecular complexity index is 763. The van der Waals surface area contributed by atoms with E-state index in [9.17, 15) is 14.4 Å². The third-order valence-corrected chi connectivity index (χ3v) is 5.70. The highest BCUT2D eigenvalue weighted by Gasteiger charge is 2.39. The van der Waals surface area contributed by atoms with Gasteiger partial charge in [-0.25, -0.2) is 0 Å². The monoisotopic (exact) mass is 356 g/mol. The maximum atomic E-state index is 12.8. The van der Waals surface area contributed by atoms with E-state index in [0.717, 1.165) is 43.7 Å². The maximum Gasteiger partial charge on any atom is 0.255 e. The van der Waals surface area contributed by atoms with E-state index in [4.69, 9.17) is 5.73 Å². The molecule has 7 heteroatoms. The van der Waals surface area contributed by atoms with Crippen LogP contribution >= 0.6 is 0 Å². The van der Waals surface area contributed by atoms with Crippen LogP contribution in [0.4, 0.5) is 0 Å². The lowest BCUT2D eigenvalue weighted by molar-refractivity contribution is -0.136. The summed E-state index contributed by atoms with van der Waals surface area (Å²) in [4.78, 5) is 40.2. The van der Waals surface area contributed by atoms with Gasteiger partial charge in [0.1, 0.15) is 6.04 Å². The van der Waals surface area contributed by atoms with Gasteiger partial charge in [-0.2, -0.15) is 0 Å². The molecule has 138 valence electrons. The number of imide groups is 1. The number of carbonyl (C=O) groups excluding carboxylic acids is 3. The van der Waals surface area contributed by atoms with Gasteiger partial charge in [0.05, 0.1) is 0 Å². The molecule has 3 N–H and O–H groups in total. The van der Waals surface area contributed by atoms with Crippen molar-refractivity contribution in [1.29, 1.82) is 0 Å². The molecule has 7 nitrogen and oxygen atoms in total. The number of hydrogen-bond donors (Lipinski definition) is 2. The third kappa shape index (κ3) is 3.12. The van der Waals surface area contributed by atoms with E-state index >= 15 is 0 Å². The molecule has 26 heavy (non-hydrogen) atoms. The fourth-order valence-electron chi connectivity index (χ4n) is 4.21. The van der Waals surface area contributed by atoms with Gasteiger partial charge >= 0.3 is 0 Å². The average Bonchev–Trinajstić information content (AvgIpc) is 3.20. The first-order valence-corrected chi connectivity index (χ1v) is 9.24. The standard InChI is InChI=1S/C19H24N4O3/c20-8-13-5-6-22(10-13)9-12-1-2-14-11-23(19(26)15(14)7-12)16-3-4-17(24)21-18(16)25/h1-2,7,13,16H,3-6,8-11,20H2,(H,21,24,25)/t13-,16?/m0/s1. The summed E-state index contributed by atoms with van der Waals surface area (Å²) >= 11 is 0. The minimum Gasteiger partial charge on any atom is -0.330 e. The molecule has 3 heterocycles. The Morgan fingerprint density at radius 2 is 2.04 bits per heavy atom. The van der Waals surface area contributed by atoms with Crippen LogP contribution in [-0.4, -0.2) is 53.2 Å². The first-order chi connectivity index (χ1) is 12.5. The molecule has 1 unspecified atom stereocenters. The first kappa shape index (κ1) is 17.2. The molecule has 1 aromatic carbocycles. The average molecular weight is 356 g/mol. The lowest BCUT2D eigenvalue weighted by Gasteiger charge is -2.29. The molecule has 3 aliphatic heterocycles. The van der Waals surface area contributed by atoms with E-state index < -0.39 is 6.04 Å². The van der Waals surface area contributed by atoms with Crippen molar-refractivity contribution in [3.63, 3.8) is 0 Å². The van der Waals surface area contributed by atoms with Crippen LogP contribution in [0.25, 0.3) is 0 Å². The van der Waals surface area contributed by atoms with Gasteiger partial charge < -0.3 is 10.6 Å². The second-order valence-electron chi connectivity index (χ2n) is 7.52. The van der Waals surface area contributed by atoms with Crippen molar-refractivity contribution >= 4 is 17.7 Å². The lowest BCUT2D eigenvalue weighted by atomic mass is 10.0. The zero-order valence-electron chi connectivity index (χ0n) is 14.7. The molecule has 0 radical (unpaired) electrons. The Balaban J connectivity index is 1.47. The first-order valence-electron chi connectivity index (χ1n) is 9.24. The van der Waals surface area contributed by atoms with Crippen molar-refractivity contribution in [1.82, 2.24) is 15.1 Å². The van der Waals surface area contributed by atoms with E-state index in [1.165, 1.54) is 0 Å². The SMILES string of the molecule is NC[C@@H]1CCN(Cc2ccc3c(c2)C(=O)N(C2CCC(=O)NC2=O)C3)C1. The lowest BCUT2D eigenvalue weighted by Crippen LogP contribution is -2.52. The van der Waals surface area contributed by atoms with Crippen molar-refractivity contribution in [3.05, 3.63) is 34.9 Å². The van der Waals surface area contributed by atoms with Gasteiger partial charge in [0.2, 0.25) is 11.8 Å². The number of rotatable bonds is 4. The number of piperidine rings is 1. The number of benzene rings is 1. The van der Waals surface area contributed by atoms with Crippen LogP contribution in [0, 0.1) is 5.92 Å². The molecule has 0 spiro atoms. The largest absolute Gasteiger partial charge is 0.330 e. The Hall–Kier alpha value is -2.25. The Labute approximate surface area is 152 Å². The number of fused-ring (bicyclic) bond motifs is 1.